The minimum absolute atomic E-state index is 0.255. The van der Waals surface area contributed by atoms with Crippen LogP contribution >= 0.6 is 0 Å². The van der Waals surface area contributed by atoms with Gasteiger partial charge in [-0.25, -0.2) is 9.37 Å². The Morgan fingerprint density at radius 3 is 2.32 bits per heavy atom. The molecule has 0 aliphatic heterocycles. The first-order valence-electron chi connectivity index (χ1n) is 11.0. The first-order valence-corrected chi connectivity index (χ1v) is 11.0. The van der Waals surface area contributed by atoms with Crippen LogP contribution in [0, 0.1) is 5.82 Å². The van der Waals surface area contributed by atoms with Crippen molar-refractivity contribution in [3.8, 4) is 22.5 Å². The lowest BCUT2D eigenvalue weighted by Gasteiger charge is -2.16. The van der Waals surface area contributed by atoms with Crippen LogP contribution in [0.3, 0.4) is 0 Å². The van der Waals surface area contributed by atoms with Gasteiger partial charge in [0.05, 0.1) is 31.0 Å². The lowest BCUT2D eigenvalue weighted by Crippen LogP contribution is -3.11. The Hall–Kier alpha value is -3.25. The number of hydrogen-bond donors (Lipinski definition) is 2. The van der Waals surface area contributed by atoms with Crippen molar-refractivity contribution in [1.29, 1.82) is 0 Å². The van der Waals surface area contributed by atoms with Crippen molar-refractivity contribution in [2.45, 2.75) is 20.3 Å². The largest absolute Gasteiger partial charge is 0.370 e. The van der Waals surface area contributed by atoms with E-state index in [4.69, 9.17) is 10.1 Å². The van der Waals surface area contributed by atoms with Crippen LogP contribution in [0.1, 0.15) is 20.3 Å². The van der Waals surface area contributed by atoms with Gasteiger partial charge >= 0.3 is 0 Å². The molecule has 0 saturated heterocycles. The minimum Gasteiger partial charge on any atom is -0.370 e. The van der Waals surface area contributed by atoms with Crippen LogP contribution in [0.5, 0.6) is 0 Å². The van der Waals surface area contributed by atoms with Crippen molar-refractivity contribution in [2.75, 3.05) is 31.5 Å². The number of fused-ring (bicyclic) bond motifs is 1. The topological polar surface area (TPSA) is 46.7 Å². The summed E-state index contributed by atoms with van der Waals surface area (Å²) in [6.07, 6.45) is 1.08. The molecule has 0 aliphatic rings. The standard InChI is InChI=1S/C25H28FN5/c1-3-30(4-2)16-8-15-27-24-17-22(19-9-6-5-7-10-19)28-25-18-23(29-31(24)25)20-11-13-21(26)14-12-20/h5-7,9-14,17-18,27H,3-4,8,15-16H2,1-2H3/p+1. The van der Waals surface area contributed by atoms with E-state index < -0.39 is 0 Å². The summed E-state index contributed by atoms with van der Waals surface area (Å²) in [5, 5.41) is 8.32. The lowest BCUT2D eigenvalue weighted by molar-refractivity contribution is -0.896. The van der Waals surface area contributed by atoms with Crippen LogP contribution in [-0.4, -0.2) is 40.8 Å². The second-order valence-corrected chi connectivity index (χ2v) is 7.69. The summed E-state index contributed by atoms with van der Waals surface area (Å²) in [6.45, 7) is 8.75. The number of benzene rings is 2. The van der Waals surface area contributed by atoms with E-state index >= 15 is 0 Å². The molecular formula is C25H29FN5+. The van der Waals surface area contributed by atoms with Crippen molar-refractivity contribution in [2.24, 2.45) is 0 Å². The molecule has 31 heavy (non-hydrogen) atoms. The van der Waals surface area contributed by atoms with Gasteiger partial charge in [0.15, 0.2) is 5.65 Å². The van der Waals surface area contributed by atoms with Gasteiger partial charge in [0.1, 0.15) is 11.6 Å². The first kappa shape index (κ1) is 21.0. The fourth-order valence-electron chi connectivity index (χ4n) is 3.78. The zero-order chi connectivity index (χ0) is 21.6. The molecule has 0 atom stereocenters. The average molecular weight is 419 g/mol. The van der Waals surface area contributed by atoms with Gasteiger partial charge in [-0.2, -0.15) is 9.61 Å². The summed E-state index contributed by atoms with van der Waals surface area (Å²) < 4.78 is 15.2. The summed E-state index contributed by atoms with van der Waals surface area (Å²) in [5.41, 5.74) is 4.36. The Kier molecular flexibility index (Phi) is 6.57. The highest BCUT2D eigenvalue weighted by Gasteiger charge is 2.12. The summed E-state index contributed by atoms with van der Waals surface area (Å²) >= 11 is 0. The second kappa shape index (κ2) is 9.71. The predicted molar refractivity (Wildman–Crippen MR) is 124 cm³/mol. The summed E-state index contributed by atoms with van der Waals surface area (Å²) in [7, 11) is 0. The van der Waals surface area contributed by atoms with Crippen molar-refractivity contribution >= 4 is 11.5 Å². The molecule has 0 saturated carbocycles. The Morgan fingerprint density at radius 2 is 1.61 bits per heavy atom. The van der Waals surface area contributed by atoms with Crippen molar-refractivity contribution in [3.63, 3.8) is 0 Å². The molecule has 4 aromatic rings. The van der Waals surface area contributed by atoms with Gasteiger partial charge < -0.3 is 10.2 Å². The lowest BCUT2D eigenvalue weighted by atomic mass is 10.1. The molecule has 6 heteroatoms. The molecule has 4 rings (SSSR count). The van der Waals surface area contributed by atoms with Crippen LogP contribution in [0.4, 0.5) is 10.2 Å². The second-order valence-electron chi connectivity index (χ2n) is 7.69. The van der Waals surface area contributed by atoms with Crippen LogP contribution < -0.4 is 10.2 Å². The molecule has 0 unspecified atom stereocenters. The third kappa shape index (κ3) is 4.91. The molecular weight excluding hydrogens is 389 g/mol. The number of nitrogens with zero attached hydrogens (tertiary/aromatic N) is 3. The number of quaternary nitrogens is 1. The normalized spacial score (nSPS) is 11.4. The van der Waals surface area contributed by atoms with E-state index in [0.717, 1.165) is 66.6 Å². The van der Waals surface area contributed by atoms with Gasteiger partial charge in [-0.3, -0.25) is 0 Å². The quantitative estimate of drug-likeness (QED) is 0.405. The Labute approximate surface area is 182 Å². The van der Waals surface area contributed by atoms with Gasteiger partial charge in [0.2, 0.25) is 0 Å². The monoisotopic (exact) mass is 418 g/mol. The number of rotatable bonds is 9. The molecule has 2 aromatic carbocycles. The Morgan fingerprint density at radius 1 is 0.903 bits per heavy atom. The first-order chi connectivity index (χ1) is 15.2. The van der Waals surface area contributed by atoms with Gasteiger partial charge in [-0.1, -0.05) is 30.3 Å². The summed E-state index contributed by atoms with van der Waals surface area (Å²) in [5.74, 6) is 0.654. The van der Waals surface area contributed by atoms with E-state index in [1.807, 2.05) is 34.8 Å². The van der Waals surface area contributed by atoms with Gasteiger partial charge in [0, 0.05) is 36.2 Å². The highest BCUT2D eigenvalue weighted by atomic mass is 19.1. The molecule has 0 aliphatic carbocycles. The molecule has 0 fully saturated rings. The van der Waals surface area contributed by atoms with E-state index in [9.17, 15) is 4.39 Å². The van der Waals surface area contributed by atoms with Gasteiger partial charge in [0.25, 0.3) is 0 Å². The van der Waals surface area contributed by atoms with E-state index in [-0.39, 0.29) is 5.82 Å². The third-order valence-electron chi connectivity index (χ3n) is 5.65. The summed E-state index contributed by atoms with van der Waals surface area (Å²) in [4.78, 5) is 6.44. The highest BCUT2D eigenvalue weighted by molar-refractivity contribution is 5.70. The van der Waals surface area contributed by atoms with Crippen molar-refractivity contribution in [3.05, 3.63) is 72.5 Å². The van der Waals surface area contributed by atoms with Crippen molar-refractivity contribution < 1.29 is 9.29 Å². The third-order valence-corrected chi connectivity index (χ3v) is 5.65. The highest BCUT2D eigenvalue weighted by Crippen LogP contribution is 2.26. The SMILES string of the molecule is CC[NH+](CC)CCCNc1cc(-c2ccccc2)nc2cc(-c3ccc(F)cc3)nn12. The maximum absolute atomic E-state index is 13.3. The Bertz CT molecular complexity index is 1120. The fourth-order valence-corrected chi connectivity index (χ4v) is 3.78. The smallest absolute Gasteiger partial charge is 0.158 e. The molecule has 0 radical (unpaired) electrons. The van der Waals surface area contributed by atoms with Crippen LogP contribution in [0.15, 0.2) is 66.7 Å². The number of aromatic nitrogens is 3. The number of anilines is 1. The molecule has 0 bridgehead atoms. The van der Waals surface area contributed by atoms with Crippen LogP contribution in [0.25, 0.3) is 28.2 Å². The average Bonchev–Trinajstić information content (AvgIpc) is 3.24. The van der Waals surface area contributed by atoms with E-state index in [1.54, 1.807) is 17.0 Å². The molecule has 2 N–H and O–H groups in total. The molecule has 2 aromatic heterocycles. The van der Waals surface area contributed by atoms with Crippen molar-refractivity contribution in [1.82, 2.24) is 14.6 Å². The molecule has 160 valence electrons. The van der Waals surface area contributed by atoms with E-state index in [1.165, 1.54) is 12.1 Å². The number of hydrogen-bond acceptors (Lipinski definition) is 3. The summed E-state index contributed by atoms with van der Waals surface area (Å²) in [6, 6.07) is 20.6. The maximum Gasteiger partial charge on any atom is 0.158 e. The fraction of sp³-hybridized carbons (Fsp3) is 0.280. The zero-order valence-corrected chi connectivity index (χ0v) is 18.1. The van der Waals surface area contributed by atoms with Gasteiger partial charge in [-0.05, 0) is 38.1 Å². The molecule has 0 spiro atoms. The zero-order valence-electron chi connectivity index (χ0n) is 18.1. The van der Waals surface area contributed by atoms with E-state index in [0.29, 0.717) is 0 Å². The molecule has 0 amide bonds. The van der Waals surface area contributed by atoms with Crippen LogP contribution in [0.2, 0.25) is 0 Å². The maximum atomic E-state index is 13.3. The number of halogens is 1. The van der Waals surface area contributed by atoms with Crippen LogP contribution in [-0.2, 0) is 0 Å². The minimum atomic E-state index is -0.255. The Balaban J connectivity index is 1.66. The van der Waals surface area contributed by atoms with Gasteiger partial charge in [-0.15, -0.1) is 0 Å². The molecule has 5 nitrogen and oxygen atoms in total. The molecule has 2 heterocycles. The number of nitrogens with one attached hydrogen (secondary N) is 2. The predicted octanol–water partition coefficient (Wildman–Crippen LogP) is 3.93. The van der Waals surface area contributed by atoms with E-state index in [2.05, 4.69) is 31.3 Å².